The first kappa shape index (κ1) is 11.1. The minimum Gasteiger partial charge on any atom is -0.390 e. The lowest BCUT2D eigenvalue weighted by Crippen LogP contribution is -2.46. The van der Waals surface area contributed by atoms with E-state index in [4.69, 9.17) is 0 Å². The van der Waals surface area contributed by atoms with Crippen LogP contribution in [0.5, 0.6) is 0 Å². The van der Waals surface area contributed by atoms with Crippen LogP contribution in [0.1, 0.15) is 60.3 Å². The largest absolute Gasteiger partial charge is 0.390 e. The van der Waals surface area contributed by atoms with E-state index in [1.807, 2.05) is 0 Å². The van der Waals surface area contributed by atoms with Crippen LogP contribution in [0, 0.1) is 28.1 Å². The lowest BCUT2D eigenvalue weighted by Gasteiger charge is -2.45. The van der Waals surface area contributed by atoms with E-state index in [0.29, 0.717) is 10.8 Å². The standard InChI is InChI=1S/C15H26O/c1-12(2)6-10-7-15(5,16)14(4)9-13(14,3)11(10)8-12/h10-11,16H,6-9H2,1-5H3/t10-,11-,13+,14+,15+/m1/s1. The Morgan fingerprint density at radius 1 is 0.938 bits per heavy atom. The van der Waals surface area contributed by atoms with Crippen molar-refractivity contribution in [3.8, 4) is 0 Å². The molecule has 0 unspecified atom stereocenters. The van der Waals surface area contributed by atoms with Gasteiger partial charge in [0.15, 0.2) is 0 Å². The third-order valence-corrected chi connectivity index (χ3v) is 6.68. The van der Waals surface area contributed by atoms with Gasteiger partial charge >= 0.3 is 0 Å². The molecule has 3 rings (SSSR count). The van der Waals surface area contributed by atoms with Crippen LogP contribution in [-0.4, -0.2) is 10.7 Å². The van der Waals surface area contributed by atoms with Crippen molar-refractivity contribution in [1.29, 1.82) is 0 Å². The van der Waals surface area contributed by atoms with Crippen LogP contribution in [0.2, 0.25) is 0 Å². The molecule has 0 heterocycles. The van der Waals surface area contributed by atoms with Crippen molar-refractivity contribution in [3.63, 3.8) is 0 Å². The van der Waals surface area contributed by atoms with Crippen LogP contribution < -0.4 is 0 Å². The number of aliphatic hydroxyl groups is 1. The second-order valence-corrected chi connectivity index (χ2v) is 8.34. The fourth-order valence-electron chi connectivity index (χ4n) is 5.43. The third-order valence-electron chi connectivity index (χ3n) is 6.68. The van der Waals surface area contributed by atoms with E-state index in [9.17, 15) is 5.11 Å². The quantitative estimate of drug-likeness (QED) is 0.664. The van der Waals surface area contributed by atoms with Crippen molar-refractivity contribution in [2.75, 3.05) is 0 Å². The molecule has 0 aromatic heterocycles. The molecule has 0 bridgehead atoms. The monoisotopic (exact) mass is 222 g/mol. The van der Waals surface area contributed by atoms with Gasteiger partial charge in [-0.25, -0.2) is 0 Å². The third kappa shape index (κ3) is 1.06. The summed E-state index contributed by atoms with van der Waals surface area (Å²) in [4.78, 5) is 0. The molecule has 0 saturated heterocycles. The molecule has 3 aliphatic carbocycles. The Hall–Kier alpha value is -0.0400. The van der Waals surface area contributed by atoms with Crippen molar-refractivity contribution >= 4 is 0 Å². The first-order chi connectivity index (χ1) is 7.11. The predicted molar refractivity (Wildman–Crippen MR) is 66.1 cm³/mol. The van der Waals surface area contributed by atoms with Crippen molar-refractivity contribution in [2.45, 2.75) is 65.9 Å². The van der Waals surface area contributed by atoms with Crippen LogP contribution in [0.15, 0.2) is 0 Å². The molecule has 3 fully saturated rings. The average molecular weight is 222 g/mol. The first-order valence-electron chi connectivity index (χ1n) is 6.84. The Labute approximate surface area is 99.6 Å². The van der Waals surface area contributed by atoms with E-state index in [1.165, 1.54) is 19.3 Å². The predicted octanol–water partition coefficient (Wildman–Crippen LogP) is 3.61. The second kappa shape index (κ2) is 2.53. The summed E-state index contributed by atoms with van der Waals surface area (Å²) in [5.41, 5.74) is 0.695. The highest BCUT2D eigenvalue weighted by molar-refractivity contribution is 5.25. The summed E-state index contributed by atoms with van der Waals surface area (Å²) in [7, 11) is 0. The molecule has 0 aromatic rings. The molecule has 1 nitrogen and oxygen atoms in total. The van der Waals surface area contributed by atoms with Gasteiger partial charge in [0.2, 0.25) is 0 Å². The molecule has 0 aromatic carbocycles. The molecule has 1 N–H and O–H groups in total. The maximum absolute atomic E-state index is 10.7. The van der Waals surface area contributed by atoms with E-state index in [-0.39, 0.29) is 5.41 Å². The van der Waals surface area contributed by atoms with Gasteiger partial charge in [0.25, 0.3) is 0 Å². The summed E-state index contributed by atoms with van der Waals surface area (Å²) in [6.07, 6.45) is 4.97. The van der Waals surface area contributed by atoms with Gasteiger partial charge in [-0.05, 0) is 55.3 Å². The average Bonchev–Trinajstić information content (AvgIpc) is 2.52. The van der Waals surface area contributed by atoms with Crippen molar-refractivity contribution < 1.29 is 5.11 Å². The lowest BCUT2D eigenvalue weighted by atomic mass is 9.62. The molecule has 1 heteroatoms. The van der Waals surface area contributed by atoms with Crippen molar-refractivity contribution in [1.82, 2.24) is 0 Å². The summed E-state index contributed by atoms with van der Waals surface area (Å²) < 4.78 is 0. The van der Waals surface area contributed by atoms with Gasteiger partial charge in [0.1, 0.15) is 0 Å². The highest BCUT2D eigenvalue weighted by atomic mass is 16.3. The van der Waals surface area contributed by atoms with E-state index in [2.05, 4.69) is 34.6 Å². The highest BCUT2D eigenvalue weighted by Crippen LogP contribution is 2.80. The van der Waals surface area contributed by atoms with E-state index >= 15 is 0 Å². The van der Waals surface area contributed by atoms with Gasteiger partial charge in [-0.1, -0.05) is 27.7 Å². The summed E-state index contributed by atoms with van der Waals surface area (Å²) in [6, 6.07) is 0. The zero-order valence-corrected chi connectivity index (χ0v) is 11.4. The van der Waals surface area contributed by atoms with Gasteiger partial charge in [0, 0.05) is 5.41 Å². The Morgan fingerprint density at radius 3 is 2.19 bits per heavy atom. The van der Waals surface area contributed by atoms with Gasteiger partial charge in [-0.3, -0.25) is 0 Å². The van der Waals surface area contributed by atoms with Crippen LogP contribution in [0.25, 0.3) is 0 Å². The molecule has 0 spiro atoms. The molecular weight excluding hydrogens is 196 g/mol. The molecule has 5 atom stereocenters. The van der Waals surface area contributed by atoms with Crippen LogP contribution in [0.3, 0.4) is 0 Å². The topological polar surface area (TPSA) is 20.2 Å². The Balaban J connectivity index is 1.98. The van der Waals surface area contributed by atoms with Crippen molar-refractivity contribution in [3.05, 3.63) is 0 Å². The van der Waals surface area contributed by atoms with Crippen LogP contribution in [0.4, 0.5) is 0 Å². The zero-order valence-electron chi connectivity index (χ0n) is 11.4. The first-order valence-corrected chi connectivity index (χ1v) is 6.84. The molecule has 0 amide bonds. The molecule has 92 valence electrons. The molecule has 0 radical (unpaired) electrons. The Kier molecular flexibility index (Phi) is 1.75. The van der Waals surface area contributed by atoms with Crippen LogP contribution in [-0.2, 0) is 0 Å². The molecular formula is C15H26O. The van der Waals surface area contributed by atoms with E-state index in [1.54, 1.807) is 0 Å². The van der Waals surface area contributed by atoms with Gasteiger partial charge in [0.05, 0.1) is 5.60 Å². The molecule has 3 saturated carbocycles. The number of hydrogen-bond acceptors (Lipinski definition) is 1. The Morgan fingerprint density at radius 2 is 1.56 bits per heavy atom. The highest BCUT2D eigenvalue weighted by Gasteiger charge is 2.76. The molecule has 16 heavy (non-hydrogen) atoms. The molecule has 0 aliphatic heterocycles. The normalized spacial score (nSPS) is 62.6. The smallest absolute Gasteiger partial charge is 0.0681 e. The second-order valence-electron chi connectivity index (χ2n) is 8.34. The lowest BCUT2D eigenvalue weighted by molar-refractivity contribution is -0.0886. The fraction of sp³-hybridized carbons (Fsp3) is 1.00. The minimum atomic E-state index is -0.427. The van der Waals surface area contributed by atoms with Crippen LogP contribution >= 0.6 is 0 Å². The van der Waals surface area contributed by atoms with Gasteiger partial charge < -0.3 is 5.11 Å². The van der Waals surface area contributed by atoms with Gasteiger partial charge in [-0.2, -0.15) is 0 Å². The fourth-order valence-corrected chi connectivity index (χ4v) is 5.43. The number of rotatable bonds is 0. The minimum absolute atomic E-state index is 0.196. The number of fused-ring (bicyclic) bond motifs is 3. The van der Waals surface area contributed by atoms with Crippen molar-refractivity contribution in [2.24, 2.45) is 28.1 Å². The SMILES string of the molecule is CC1(C)C[C@@H]2C[C@](C)(O)[C@@]3(C)C[C@@]3(C)[C@@H]2C1. The zero-order chi connectivity index (χ0) is 12.0. The summed E-state index contributed by atoms with van der Waals surface area (Å²) in [5.74, 6) is 1.64. The van der Waals surface area contributed by atoms with E-state index < -0.39 is 5.60 Å². The summed E-state index contributed by atoms with van der Waals surface area (Å²) in [5, 5.41) is 10.7. The maximum atomic E-state index is 10.7. The summed E-state index contributed by atoms with van der Waals surface area (Å²) in [6.45, 7) is 11.6. The maximum Gasteiger partial charge on any atom is 0.0681 e. The Bertz CT molecular complexity index is 343. The summed E-state index contributed by atoms with van der Waals surface area (Å²) >= 11 is 0. The number of hydrogen-bond donors (Lipinski definition) is 1. The molecule has 3 aliphatic rings. The van der Waals surface area contributed by atoms with E-state index in [0.717, 1.165) is 18.3 Å². The van der Waals surface area contributed by atoms with Gasteiger partial charge in [-0.15, -0.1) is 0 Å².